The second-order valence-corrected chi connectivity index (χ2v) is 9.06. The van der Waals surface area contributed by atoms with E-state index in [0.717, 1.165) is 50.2 Å². The third-order valence-electron chi connectivity index (χ3n) is 6.26. The molecule has 28 heavy (non-hydrogen) atoms. The Bertz CT molecular complexity index is 729. The van der Waals surface area contributed by atoms with Gasteiger partial charge in [0.15, 0.2) is 0 Å². The Labute approximate surface area is 171 Å². The number of nitrogens with one attached hydrogen (secondary N) is 1. The van der Waals surface area contributed by atoms with E-state index in [1.807, 2.05) is 36.9 Å². The number of hydrogen-bond donors (Lipinski definition) is 2. The van der Waals surface area contributed by atoms with Crippen LogP contribution in [0.1, 0.15) is 57.9 Å². The zero-order valence-corrected chi connectivity index (χ0v) is 17.4. The number of nitrogens with zero attached hydrogens (tertiary/aromatic N) is 1. The van der Waals surface area contributed by atoms with E-state index in [2.05, 4.69) is 11.4 Å². The fourth-order valence-electron chi connectivity index (χ4n) is 4.67. The summed E-state index contributed by atoms with van der Waals surface area (Å²) in [6.45, 7) is 5.30. The van der Waals surface area contributed by atoms with Crippen LogP contribution in [-0.2, 0) is 10.2 Å². The first kappa shape index (κ1) is 20.8. The summed E-state index contributed by atoms with van der Waals surface area (Å²) in [5, 5.41) is 3.63. The van der Waals surface area contributed by atoms with Gasteiger partial charge >= 0.3 is 12.1 Å². The molecule has 6 nitrogen and oxygen atoms in total. The number of carbonyl (C=O) groups excluding carboxylic acids is 2. The average molecular weight is 408 g/mol. The molecule has 0 bridgehead atoms. The SMILES string of the molecule is CC(C)(CCC1(c2cccc(Cl)c2)CCC(N2CCNC2=O)CC1)OC(N)=O. The summed E-state index contributed by atoms with van der Waals surface area (Å²) in [7, 11) is 0. The fourth-order valence-corrected chi connectivity index (χ4v) is 4.86. The van der Waals surface area contributed by atoms with E-state index in [0.29, 0.717) is 6.42 Å². The molecule has 1 saturated heterocycles. The van der Waals surface area contributed by atoms with E-state index in [4.69, 9.17) is 22.1 Å². The molecule has 0 spiro atoms. The molecule has 1 saturated carbocycles. The van der Waals surface area contributed by atoms with Gasteiger partial charge in [-0.2, -0.15) is 0 Å². The second-order valence-electron chi connectivity index (χ2n) is 8.63. The van der Waals surface area contributed by atoms with E-state index < -0.39 is 11.7 Å². The number of carbonyl (C=O) groups is 2. The van der Waals surface area contributed by atoms with Crippen molar-refractivity contribution in [3.8, 4) is 0 Å². The maximum Gasteiger partial charge on any atom is 0.405 e. The number of hydrogen-bond acceptors (Lipinski definition) is 3. The van der Waals surface area contributed by atoms with Gasteiger partial charge in [0.2, 0.25) is 0 Å². The Morgan fingerprint density at radius 3 is 2.68 bits per heavy atom. The molecule has 154 valence electrons. The molecule has 0 unspecified atom stereocenters. The summed E-state index contributed by atoms with van der Waals surface area (Å²) in [5.41, 5.74) is 5.78. The number of halogens is 1. The van der Waals surface area contributed by atoms with Crippen LogP contribution in [-0.4, -0.2) is 41.8 Å². The predicted octanol–water partition coefficient (Wildman–Crippen LogP) is 4.20. The van der Waals surface area contributed by atoms with Gasteiger partial charge in [0.05, 0.1) is 0 Å². The van der Waals surface area contributed by atoms with Crippen LogP contribution in [0, 0.1) is 0 Å². The third kappa shape index (κ3) is 4.72. The maximum absolute atomic E-state index is 12.0. The quantitative estimate of drug-likeness (QED) is 0.741. The van der Waals surface area contributed by atoms with Crippen molar-refractivity contribution in [2.75, 3.05) is 13.1 Å². The highest BCUT2D eigenvalue weighted by atomic mass is 35.5. The zero-order chi connectivity index (χ0) is 20.4. The lowest BCUT2D eigenvalue weighted by Crippen LogP contribution is -2.44. The number of amides is 3. The summed E-state index contributed by atoms with van der Waals surface area (Å²) < 4.78 is 5.30. The van der Waals surface area contributed by atoms with Crippen molar-refractivity contribution in [2.45, 2.75) is 69.4 Å². The molecule has 2 aliphatic rings. The van der Waals surface area contributed by atoms with Crippen LogP contribution < -0.4 is 11.1 Å². The molecule has 1 aliphatic carbocycles. The number of ether oxygens (including phenoxy) is 1. The lowest BCUT2D eigenvalue weighted by molar-refractivity contribution is 0.0286. The van der Waals surface area contributed by atoms with Crippen molar-refractivity contribution in [3.05, 3.63) is 34.9 Å². The summed E-state index contributed by atoms with van der Waals surface area (Å²) in [4.78, 5) is 25.2. The van der Waals surface area contributed by atoms with Crippen molar-refractivity contribution < 1.29 is 14.3 Å². The highest BCUT2D eigenvalue weighted by molar-refractivity contribution is 6.30. The molecule has 0 radical (unpaired) electrons. The molecular formula is C21H30ClN3O3. The minimum Gasteiger partial charge on any atom is -0.444 e. The van der Waals surface area contributed by atoms with Crippen molar-refractivity contribution in [1.29, 1.82) is 0 Å². The molecule has 3 amide bonds. The smallest absolute Gasteiger partial charge is 0.405 e. The van der Waals surface area contributed by atoms with Crippen LogP contribution >= 0.6 is 11.6 Å². The van der Waals surface area contributed by atoms with Gasteiger partial charge in [-0.3, -0.25) is 0 Å². The van der Waals surface area contributed by atoms with Crippen molar-refractivity contribution in [1.82, 2.24) is 10.2 Å². The first-order valence-corrected chi connectivity index (χ1v) is 10.4. The van der Waals surface area contributed by atoms with Gasteiger partial charge in [0.25, 0.3) is 0 Å². The van der Waals surface area contributed by atoms with Gasteiger partial charge in [-0.25, -0.2) is 9.59 Å². The predicted molar refractivity (Wildman–Crippen MR) is 109 cm³/mol. The lowest BCUT2D eigenvalue weighted by Gasteiger charge is -2.44. The molecule has 7 heteroatoms. The molecule has 1 aliphatic heterocycles. The van der Waals surface area contributed by atoms with Gasteiger partial charge in [0, 0.05) is 24.2 Å². The Morgan fingerprint density at radius 2 is 2.11 bits per heavy atom. The molecule has 1 aromatic rings. The van der Waals surface area contributed by atoms with Gasteiger partial charge in [-0.1, -0.05) is 23.7 Å². The average Bonchev–Trinajstić information content (AvgIpc) is 3.05. The zero-order valence-electron chi connectivity index (χ0n) is 16.7. The van der Waals surface area contributed by atoms with Gasteiger partial charge in [0.1, 0.15) is 5.60 Å². The Morgan fingerprint density at radius 1 is 1.39 bits per heavy atom. The number of benzene rings is 1. The standard InChI is InChI=1S/C21H30ClN3O3/c1-20(2,28-18(23)26)10-11-21(15-4-3-5-16(22)14-15)8-6-17(7-9-21)25-13-12-24-19(25)27/h3-5,14,17H,6-13H2,1-2H3,(H2,23,26)(H,24,27). The molecule has 3 rings (SSSR count). The van der Waals surface area contributed by atoms with E-state index >= 15 is 0 Å². The van der Waals surface area contributed by atoms with E-state index in [1.165, 1.54) is 5.56 Å². The molecule has 2 fully saturated rings. The second kappa shape index (κ2) is 8.19. The van der Waals surface area contributed by atoms with Crippen molar-refractivity contribution in [2.24, 2.45) is 5.73 Å². The molecular weight excluding hydrogens is 378 g/mol. The highest BCUT2D eigenvalue weighted by Crippen LogP contribution is 2.46. The topological polar surface area (TPSA) is 84.7 Å². The van der Waals surface area contributed by atoms with Crippen LogP contribution in [0.5, 0.6) is 0 Å². The minimum atomic E-state index is -0.745. The van der Waals surface area contributed by atoms with Crippen molar-refractivity contribution in [3.63, 3.8) is 0 Å². The maximum atomic E-state index is 12.0. The Hall–Kier alpha value is -1.95. The first-order chi connectivity index (χ1) is 13.2. The first-order valence-electron chi connectivity index (χ1n) is 10.00. The molecule has 0 aromatic heterocycles. The van der Waals surface area contributed by atoms with E-state index in [1.54, 1.807) is 0 Å². The largest absolute Gasteiger partial charge is 0.444 e. The van der Waals surface area contributed by atoms with Crippen LogP contribution in [0.25, 0.3) is 0 Å². The Kier molecular flexibility index (Phi) is 6.08. The Balaban J connectivity index is 1.77. The van der Waals surface area contributed by atoms with Gasteiger partial charge in [-0.05, 0) is 75.5 Å². The summed E-state index contributed by atoms with van der Waals surface area (Å²) in [6.07, 6.45) is 4.67. The van der Waals surface area contributed by atoms with Crippen LogP contribution in [0.2, 0.25) is 5.02 Å². The minimum absolute atomic E-state index is 0.0458. The molecule has 0 atom stereocenters. The number of rotatable bonds is 6. The number of primary amides is 1. The summed E-state index contributed by atoms with van der Waals surface area (Å²) in [5.74, 6) is 0. The van der Waals surface area contributed by atoms with Crippen molar-refractivity contribution >= 4 is 23.7 Å². The normalized spacial score (nSPS) is 25.5. The number of urea groups is 1. The van der Waals surface area contributed by atoms with Crippen LogP contribution in [0.3, 0.4) is 0 Å². The number of nitrogens with two attached hydrogens (primary N) is 1. The third-order valence-corrected chi connectivity index (χ3v) is 6.50. The molecule has 1 aromatic carbocycles. The monoisotopic (exact) mass is 407 g/mol. The lowest BCUT2D eigenvalue weighted by atomic mass is 9.64. The van der Waals surface area contributed by atoms with E-state index in [-0.39, 0.29) is 17.5 Å². The van der Waals surface area contributed by atoms with Crippen LogP contribution in [0.15, 0.2) is 24.3 Å². The molecule has 3 N–H and O–H groups in total. The van der Waals surface area contributed by atoms with Gasteiger partial charge < -0.3 is 20.7 Å². The summed E-state index contributed by atoms with van der Waals surface area (Å²) >= 11 is 6.29. The fraction of sp³-hybridized carbons (Fsp3) is 0.619. The highest BCUT2D eigenvalue weighted by Gasteiger charge is 2.41. The summed E-state index contributed by atoms with van der Waals surface area (Å²) in [6, 6.07) is 8.40. The van der Waals surface area contributed by atoms with Gasteiger partial charge in [-0.15, -0.1) is 0 Å². The molecule has 1 heterocycles. The van der Waals surface area contributed by atoms with E-state index in [9.17, 15) is 9.59 Å². The van der Waals surface area contributed by atoms with Crippen LogP contribution in [0.4, 0.5) is 9.59 Å².